The highest BCUT2D eigenvalue weighted by Crippen LogP contribution is 2.25. The van der Waals surface area contributed by atoms with Gasteiger partial charge in [-0.3, -0.25) is 9.59 Å². The predicted octanol–water partition coefficient (Wildman–Crippen LogP) is 5.33. The third-order valence-corrected chi connectivity index (χ3v) is 5.77. The molecule has 2 aromatic rings. The van der Waals surface area contributed by atoms with Crippen molar-refractivity contribution in [1.29, 1.82) is 0 Å². The number of carbonyl (C=O) groups is 2. The van der Waals surface area contributed by atoms with E-state index in [0.717, 1.165) is 37.2 Å². The average Bonchev–Trinajstić information content (AvgIpc) is 3.27. The van der Waals surface area contributed by atoms with Gasteiger partial charge in [0.05, 0.1) is 6.61 Å². The second kappa shape index (κ2) is 9.99. The molecular weight excluding hydrogens is 388 g/mol. The van der Waals surface area contributed by atoms with Gasteiger partial charge in [-0.05, 0) is 67.0 Å². The second-order valence-electron chi connectivity index (χ2n) is 9.25. The van der Waals surface area contributed by atoms with E-state index in [1.165, 1.54) is 5.56 Å². The fraction of sp³-hybridized carbons (Fsp3) is 0.462. The number of amides is 2. The molecule has 0 spiro atoms. The summed E-state index contributed by atoms with van der Waals surface area (Å²) in [5.41, 5.74) is 3.57. The maximum Gasteiger partial charge on any atom is 0.254 e. The standard InChI is InChI=1S/C26H34N2O3/c1-19-22(25(30)28-16-5-6-17-28)9-7-10-23(19)27-24(29)11-8-18-31-21-14-12-20(13-15-21)26(2,3)4/h7,9-10,12-15H,5-6,8,11,16-18H2,1-4H3,(H,27,29). The Morgan fingerprint density at radius 2 is 1.71 bits per heavy atom. The molecule has 5 nitrogen and oxygen atoms in total. The van der Waals surface area contributed by atoms with Crippen LogP contribution in [0.3, 0.4) is 0 Å². The summed E-state index contributed by atoms with van der Waals surface area (Å²) in [6.07, 6.45) is 3.11. The maximum absolute atomic E-state index is 12.7. The number of nitrogens with zero attached hydrogens (tertiary/aromatic N) is 1. The van der Waals surface area contributed by atoms with Crippen LogP contribution < -0.4 is 10.1 Å². The Morgan fingerprint density at radius 3 is 2.35 bits per heavy atom. The molecule has 1 aliphatic rings. The molecule has 0 radical (unpaired) electrons. The molecule has 1 aliphatic heterocycles. The average molecular weight is 423 g/mol. The molecule has 1 saturated heterocycles. The molecule has 0 aliphatic carbocycles. The summed E-state index contributed by atoms with van der Waals surface area (Å²) in [4.78, 5) is 27.0. The summed E-state index contributed by atoms with van der Waals surface area (Å²) < 4.78 is 5.78. The minimum Gasteiger partial charge on any atom is -0.494 e. The largest absolute Gasteiger partial charge is 0.494 e. The number of ether oxygens (including phenoxy) is 1. The first-order chi connectivity index (χ1) is 14.8. The summed E-state index contributed by atoms with van der Waals surface area (Å²) in [6.45, 7) is 10.5. The monoisotopic (exact) mass is 422 g/mol. The number of benzene rings is 2. The lowest BCUT2D eigenvalue weighted by molar-refractivity contribution is -0.116. The summed E-state index contributed by atoms with van der Waals surface area (Å²) in [7, 11) is 0. The van der Waals surface area contributed by atoms with Crippen LogP contribution in [0.1, 0.15) is 67.9 Å². The van der Waals surface area contributed by atoms with Crippen molar-refractivity contribution in [2.24, 2.45) is 0 Å². The van der Waals surface area contributed by atoms with Crippen LogP contribution in [0, 0.1) is 6.92 Å². The molecule has 2 aromatic carbocycles. The molecule has 0 unspecified atom stereocenters. The van der Waals surface area contributed by atoms with Crippen LogP contribution in [0.4, 0.5) is 5.69 Å². The van der Waals surface area contributed by atoms with E-state index in [2.05, 4.69) is 38.2 Å². The van der Waals surface area contributed by atoms with Crippen molar-refractivity contribution in [3.8, 4) is 5.75 Å². The van der Waals surface area contributed by atoms with Gasteiger partial charge < -0.3 is 15.0 Å². The van der Waals surface area contributed by atoms with E-state index in [9.17, 15) is 9.59 Å². The van der Waals surface area contributed by atoms with E-state index in [4.69, 9.17) is 4.74 Å². The Kier molecular flexibility index (Phi) is 7.37. The van der Waals surface area contributed by atoms with Gasteiger partial charge in [0.15, 0.2) is 0 Å². The molecule has 1 N–H and O–H groups in total. The van der Waals surface area contributed by atoms with Gasteiger partial charge in [-0.1, -0.05) is 39.0 Å². The predicted molar refractivity (Wildman–Crippen MR) is 125 cm³/mol. The van der Waals surface area contributed by atoms with Crippen LogP contribution in [0.15, 0.2) is 42.5 Å². The molecule has 31 heavy (non-hydrogen) atoms. The van der Waals surface area contributed by atoms with E-state index in [-0.39, 0.29) is 17.2 Å². The lowest BCUT2D eigenvalue weighted by Crippen LogP contribution is -2.28. The SMILES string of the molecule is Cc1c(NC(=O)CCCOc2ccc(C(C)(C)C)cc2)cccc1C(=O)N1CCCC1. The van der Waals surface area contributed by atoms with Crippen molar-refractivity contribution < 1.29 is 14.3 Å². The van der Waals surface area contributed by atoms with E-state index < -0.39 is 0 Å². The van der Waals surface area contributed by atoms with Gasteiger partial charge >= 0.3 is 0 Å². The minimum absolute atomic E-state index is 0.0528. The van der Waals surface area contributed by atoms with E-state index in [1.807, 2.05) is 42.2 Å². The quantitative estimate of drug-likeness (QED) is 0.614. The van der Waals surface area contributed by atoms with Crippen LogP contribution in [0.25, 0.3) is 0 Å². The van der Waals surface area contributed by atoms with Gasteiger partial charge in [0.2, 0.25) is 5.91 Å². The van der Waals surface area contributed by atoms with Crippen molar-refractivity contribution in [3.05, 3.63) is 59.2 Å². The van der Waals surface area contributed by atoms with Gasteiger partial charge in [-0.15, -0.1) is 0 Å². The van der Waals surface area contributed by atoms with Crippen molar-refractivity contribution in [2.75, 3.05) is 25.0 Å². The molecule has 0 atom stereocenters. The summed E-state index contributed by atoms with van der Waals surface area (Å²) in [5.74, 6) is 0.801. The van der Waals surface area contributed by atoms with Crippen LogP contribution in [0.5, 0.6) is 5.75 Å². The molecular formula is C26H34N2O3. The van der Waals surface area contributed by atoms with Crippen molar-refractivity contribution in [2.45, 2.75) is 58.8 Å². The molecule has 0 aromatic heterocycles. The van der Waals surface area contributed by atoms with Crippen molar-refractivity contribution in [1.82, 2.24) is 4.90 Å². The number of nitrogens with one attached hydrogen (secondary N) is 1. The number of anilines is 1. The zero-order chi connectivity index (χ0) is 22.4. The normalized spacial score (nSPS) is 13.9. The first kappa shape index (κ1) is 22.9. The highest BCUT2D eigenvalue weighted by molar-refractivity contribution is 5.99. The lowest BCUT2D eigenvalue weighted by Gasteiger charge is -2.19. The van der Waals surface area contributed by atoms with Crippen LogP contribution >= 0.6 is 0 Å². The fourth-order valence-corrected chi connectivity index (χ4v) is 3.78. The first-order valence-corrected chi connectivity index (χ1v) is 11.2. The molecule has 0 bridgehead atoms. The topological polar surface area (TPSA) is 58.6 Å². The first-order valence-electron chi connectivity index (χ1n) is 11.2. The van der Waals surface area contributed by atoms with Gasteiger partial charge in [0.25, 0.3) is 5.91 Å². The van der Waals surface area contributed by atoms with Crippen molar-refractivity contribution in [3.63, 3.8) is 0 Å². The zero-order valence-corrected chi connectivity index (χ0v) is 19.2. The van der Waals surface area contributed by atoms with E-state index in [1.54, 1.807) is 0 Å². The summed E-state index contributed by atoms with van der Waals surface area (Å²) in [6, 6.07) is 13.6. The molecule has 1 heterocycles. The van der Waals surface area contributed by atoms with Crippen molar-refractivity contribution >= 4 is 17.5 Å². The van der Waals surface area contributed by atoms with Gasteiger partial charge in [-0.25, -0.2) is 0 Å². The Labute approximate surface area is 185 Å². The minimum atomic E-state index is -0.0689. The Morgan fingerprint density at radius 1 is 1.03 bits per heavy atom. The number of hydrogen-bond acceptors (Lipinski definition) is 3. The molecule has 3 rings (SSSR count). The molecule has 2 amide bonds. The Bertz CT molecular complexity index is 907. The van der Waals surface area contributed by atoms with E-state index >= 15 is 0 Å². The maximum atomic E-state index is 12.7. The molecule has 5 heteroatoms. The zero-order valence-electron chi connectivity index (χ0n) is 19.2. The highest BCUT2D eigenvalue weighted by Gasteiger charge is 2.22. The molecule has 1 fully saturated rings. The fourth-order valence-electron chi connectivity index (χ4n) is 3.78. The highest BCUT2D eigenvalue weighted by atomic mass is 16.5. The van der Waals surface area contributed by atoms with Crippen LogP contribution in [-0.2, 0) is 10.2 Å². The summed E-state index contributed by atoms with van der Waals surface area (Å²) >= 11 is 0. The number of hydrogen-bond donors (Lipinski definition) is 1. The third-order valence-electron chi connectivity index (χ3n) is 5.77. The number of rotatable bonds is 7. The number of likely N-dealkylation sites (tertiary alicyclic amines) is 1. The van der Waals surface area contributed by atoms with Gasteiger partial charge in [0, 0.05) is 30.8 Å². The summed E-state index contributed by atoms with van der Waals surface area (Å²) in [5, 5.41) is 2.95. The third kappa shape index (κ3) is 6.09. The smallest absolute Gasteiger partial charge is 0.254 e. The lowest BCUT2D eigenvalue weighted by atomic mass is 9.87. The Balaban J connectivity index is 1.47. The van der Waals surface area contributed by atoms with E-state index in [0.29, 0.717) is 30.7 Å². The van der Waals surface area contributed by atoms with Crippen LogP contribution in [0.2, 0.25) is 0 Å². The molecule has 0 saturated carbocycles. The van der Waals surface area contributed by atoms with Gasteiger partial charge in [0.1, 0.15) is 5.75 Å². The Hall–Kier alpha value is -2.82. The van der Waals surface area contributed by atoms with Gasteiger partial charge in [-0.2, -0.15) is 0 Å². The number of carbonyl (C=O) groups excluding carboxylic acids is 2. The van der Waals surface area contributed by atoms with Crippen LogP contribution in [-0.4, -0.2) is 36.4 Å². The molecule has 166 valence electrons. The second-order valence-corrected chi connectivity index (χ2v) is 9.25.